The maximum Gasteiger partial charge on any atom is 0.322 e. The van der Waals surface area contributed by atoms with Gasteiger partial charge in [-0.25, -0.2) is 0 Å². The summed E-state index contributed by atoms with van der Waals surface area (Å²) >= 11 is 0. The first-order chi connectivity index (χ1) is 18.6. The molecule has 0 saturated heterocycles. The molecule has 0 aliphatic rings. The zero-order valence-corrected chi connectivity index (χ0v) is 22.6. The third-order valence-corrected chi connectivity index (χ3v) is 7.11. The Labute approximate surface area is 235 Å². The number of amides is 4. The fraction of sp³-hybridized carbons (Fsp3) is 0.600. The molecular formula is C20H32N6O12S2. The standard InChI is InChI=1S/C20H32N6O12S2/c21-9(19(35)36)1-3-13(27)25-11(17(33)23-5-15(29)30)7-39-40-8-12(18(34)24-6-16(31)32)26-14(28)4-2-10(22)20(37)38/h9-12H,1-8,21-22H2,(H,23,33)(H,24,34)(H,25,27)(H,26,28)(H,29,30)(H,31,32)(H,35,36)(H,37,38)/t9-,10+,11-,12-/m1/s1. The monoisotopic (exact) mass is 612 g/mol. The molecule has 0 fully saturated rings. The SMILES string of the molecule is N[C@H](CCC(=O)N[C@H](CSSC[C@@H](NC(=O)CC[C@H](N)C(=O)O)C(=O)NCC(=O)O)C(=O)NCC(=O)O)C(=O)O. The molecule has 20 heteroatoms. The number of carbonyl (C=O) groups excluding carboxylic acids is 4. The van der Waals surface area contributed by atoms with Crippen molar-refractivity contribution < 1.29 is 58.8 Å². The van der Waals surface area contributed by atoms with Crippen molar-refractivity contribution in [3.8, 4) is 0 Å². The van der Waals surface area contributed by atoms with Gasteiger partial charge in [-0.1, -0.05) is 21.6 Å². The summed E-state index contributed by atoms with van der Waals surface area (Å²) in [6.45, 7) is -1.48. The summed E-state index contributed by atoms with van der Waals surface area (Å²) in [5.41, 5.74) is 10.7. The third-order valence-electron chi connectivity index (χ3n) is 4.68. The molecule has 0 aliphatic heterocycles. The van der Waals surface area contributed by atoms with E-state index in [2.05, 4.69) is 21.3 Å². The summed E-state index contributed by atoms with van der Waals surface area (Å²) in [5.74, 6) is -8.81. The summed E-state index contributed by atoms with van der Waals surface area (Å²) in [5, 5.41) is 44.1. The van der Waals surface area contributed by atoms with Crippen LogP contribution >= 0.6 is 21.6 Å². The molecule has 4 atom stereocenters. The van der Waals surface area contributed by atoms with Gasteiger partial charge in [-0.05, 0) is 12.8 Å². The van der Waals surface area contributed by atoms with Gasteiger partial charge in [0, 0.05) is 24.3 Å². The molecule has 0 aromatic carbocycles. The minimum absolute atomic E-state index is 0.155. The summed E-state index contributed by atoms with van der Waals surface area (Å²) in [6.07, 6.45) is -1.12. The Morgan fingerprint density at radius 3 is 1.20 bits per heavy atom. The maximum atomic E-state index is 12.4. The Morgan fingerprint density at radius 1 is 0.600 bits per heavy atom. The largest absolute Gasteiger partial charge is 0.480 e. The quantitative estimate of drug-likeness (QED) is 0.0437. The van der Waals surface area contributed by atoms with E-state index in [4.69, 9.17) is 31.9 Å². The van der Waals surface area contributed by atoms with Crippen molar-refractivity contribution in [2.24, 2.45) is 11.5 Å². The number of hydrogen-bond donors (Lipinski definition) is 10. The second-order valence-corrected chi connectivity index (χ2v) is 10.6. The molecule has 0 radical (unpaired) electrons. The van der Waals surface area contributed by atoms with Crippen LogP contribution in [0.15, 0.2) is 0 Å². The summed E-state index contributed by atoms with van der Waals surface area (Å²) in [6, 6.07) is -5.16. The number of hydrogen-bond acceptors (Lipinski definition) is 12. The van der Waals surface area contributed by atoms with Crippen molar-refractivity contribution in [2.75, 3.05) is 24.6 Å². The van der Waals surface area contributed by atoms with Crippen LogP contribution in [0.4, 0.5) is 0 Å². The number of nitrogens with one attached hydrogen (secondary N) is 4. The minimum atomic E-state index is -1.34. The van der Waals surface area contributed by atoms with E-state index in [-0.39, 0.29) is 37.2 Å². The number of carbonyl (C=O) groups is 8. The van der Waals surface area contributed by atoms with Crippen LogP contribution in [0.1, 0.15) is 25.7 Å². The summed E-state index contributed by atoms with van der Waals surface area (Å²) in [7, 11) is 1.89. The molecule has 4 amide bonds. The van der Waals surface area contributed by atoms with Gasteiger partial charge in [0.15, 0.2) is 0 Å². The van der Waals surface area contributed by atoms with Crippen LogP contribution in [0, 0.1) is 0 Å². The maximum absolute atomic E-state index is 12.4. The topological polar surface area (TPSA) is 318 Å². The van der Waals surface area contributed by atoms with E-state index in [0.29, 0.717) is 0 Å². The van der Waals surface area contributed by atoms with Crippen LogP contribution in [-0.4, -0.2) is 117 Å². The lowest BCUT2D eigenvalue weighted by atomic mass is 10.1. The number of carboxylic acid groups (broad SMARTS) is 4. The Bertz CT molecular complexity index is 879. The van der Waals surface area contributed by atoms with Crippen LogP contribution in [0.25, 0.3) is 0 Å². The van der Waals surface area contributed by atoms with Crippen molar-refractivity contribution >= 4 is 69.1 Å². The van der Waals surface area contributed by atoms with E-state index in [0.717, 1.165) is 21.6 Å². The van der Waals surface area contributed by atoms with Crippen LogP contribution in [0.5, 0.6) is 0 Å². The Hall–Kier alpha value is -3.62. The van der Waals surface area contributed by atoms with Crippen molar-refractivity contribution in [1.82, 2.24) is 21.3 Å². The number of nitrogens with two attached hydrogens (primary N) is 2. The van der Waals surface area contributed by atoms with Gasteiger partial charge in [-0.2, -0.15) is 0 Å². The average molecular weight is 613 g/mol. The highest BCUT2D eigenvalue weighted by Gasteiger charge is 2.25. The van der Waals surface area contributed by atoms with Crippen molar-refractivity contribution in [1.29, 1.82) is 0 Å². The van der Waals surface area contributed by atoms with Gasteiger partial charge in [0.1, 0.15) is 37.3 Å². The van der Waals surface area contributed by atoms with Gasteiger partial charge < -0.3 is 53.2 Å². The van der Waals surface area contributed by atoms with Gasteiger partial charge in [0.05, 0.1) is 0 Å². The first kappa shape index (κ1) is 36.4. The predicted octanol–water partition coefficient (Wildman–Crippen LogP) is -3.88. The van der Waals surface area contributed by atoms with Crippen LogP contribution in [-0.2, 0) is 38.4 Å². The van der Waals surface area contributed by atoms with E-state index in [9.17, 15) is 38.4 Å². The lowest BCUT2D eigenvalue weighted by Gasteiger charge is -2.20. The van der Waals surface area contributed by atoms with Crippen molar-refractivity contribution in [3.05, 3.63) is 0 Å². The fourth-order valence-electron chi connectivity index (χ4n) is 2.52. The van der Waals surface area contributed by atoms with Gasteiger partial charge in [-0.15, -0.1) is 0 Å². The zero-order valence-electron chi connectivity index (χ0n) is 21.0. The van der Waals surface area contributed by atoms with E-state index < -0.39 is 84.8 Å². The molecule has 0 unspecified atom stereocenters. The van der Waals surface area contributed by atoms with E-state index >= 15 is 0 Å². The Balaban J connectivity index is 5.18. The van der Waals surface area contributed by atoms with Crippen LogP contribution < -0.4 is 32.7 Å². The van der Waals surface area contributed by atoms with Crippen molar-refractivity contribution in [3.63, 3.8) is 0 Å². The Morgan fingerprint density at radius 2 is 0.925 bits per heavy atom. The van der Waals surface area contributed by atoms with Crippen LogP contribution in [0.3, 0.4) is 0 Å². The van der Waals surface area contributed by atoms with E-state index in [1.165, 1.54) is 0 Å². The zero-order chi connectivity index (χ0) is 30.8. The molecule has 0 aromatic rings. The van der Waals surface area contributed by atoms with E-state index in [1.807, 2.05) is 0 Å². The molecule has 0 aromatic heterocycles. The molecule has 0 saturated carbocycles. The number of rotatable bonds is 21. The van der Waals surface area contributed by atoms with Crippen molar-refractivity contribution in [2.45, 2.75) is 49.9 Å². The minimum Gasteiger partial charge on any atom is -0.480 e. The smallest absolute Gasteiger partial charge is 0.322 e. The molecule has 0 spiro atoms. The van der Waals surface area contributed by atoms with Gasteiger partial charge in [0.2, 0.25) is 23.6 Å². The third kappa shape index (κ3) is 17.1. The normalized spacial score (nSPS) is 13.6. The van der Waals surface area contributed by atoms with Crippen LogP contribution in [0.2, 0.25) is 0 Å². The molecule has 0 heterocycles. The molecule has 12 N–H and O–H groups in total. The molecular weight excluding hydrogens is 580 g/mol. The first-order valence-corrected chi connectivity index (χ1v) is 13.9. The average Bonchev–Trinajstić information content (AvgIpc) is 2.87. The molecule has 0 bridgehead atoms. The number of carboxylic acids is 4. The van der Waals surface area contributed by atoms with E-state index in [1.54, 1.807) is 0 Å². The van der Waals surface area contributed by atoms with Gasteiger partial charge in [0.25, 0.3) is 0 Å². The van der Waals surface area contributed by atoms with Gasteiger partial charge in [-0.3, -0.25) is 38.4 Å². The highest BCUT2D eigenvalue weighted by molar-refractivity contribution is 8.76. The lowest BCUT2D eigenvalue weighted by Crippen LogP contribution is -2.50. The Kier molecular flexibility index (Phi) is 17.7. The summed E-state index contributed by atoms with van der Waals surface area (Å²) in [4.78, 5) is 92.3. The lowest BCUT2D eigenvalue weighted by molar-refractivity contribution is -0.140. The molecule has 18 nitrogen and oxygen atoms in total. The number of aliphatic carboxylic acids is 4. The fourth-order valence-corrected chi connectivity index (χ4v) is 4.85. The molecule has 40 heavy (non-hydrogen) atoms. The molecule has 0 rings (SSSR count). The molecule has 0 aliphatic carbocycles. The predicted molar refractivity (Wildman–Crippen MR) is 140 cm³/mol. The second-order valence-electron chi connectivity index (χ2n) is 8.00. The molecule has 226 valence electrons. The highest BCUT2D eigenvalue weighted by Crippen LogP contribution is 2.23. The van der Waals surface area contributed by atoms with Gasteiger partial charge >= 0.3 is 23.9 Å². The highest BCUT2D eigenvalue weighted by atomic mass is 33.1. The second kappa shape index (κ2) is 19.4. The summed E-state index contributed by atoms with van der Waals surface area (Å²) < 4.78 is 0. The first-order valence-electron chi connectivity index (χ1n) is 11.4.